The van der Waals surface area contributed by atoms with Gasteiger partial charge in [-0.3, -0.25) is 0 Å². The molecule has 1 N–H and O–H groups in total. The molecule has 1 heterocycles. The number of ether oxygens (including phenoxy) is 2. The summed E-state index contributed by atoms with van der Waals surface area (Å²) in [6.45, 7) is 2.94. The summed E-state index contributed by atoms with van der Waals surface area (Å²) in [7, 11) is 0. The Hall–Kier alpha value is -0.930. The molecular weight excluding hydrogens is 216 g/mol. The molecule has 0 radical (unpaired) electrons. The maximum absolute atomic E-state index is 9.50. The van der Waals surface area contributed by atoms with Crippen molar-refractivity contribution in [3.05, 3.63) is 22.7 Å². The average Bonchev–Trinajstić information content (AvgIpc) is 2.40. The number of hydrogen-bond acceptors (Lipinski definition) is 3. The fraction of sp³-hybridized carbons (Fsp3) is 0.455. The van der Waals surface area contributed by atoms with E-state index in [1.165, 1.54) is 0 Å². The second kappa shape index (κ2) is 4.29. The van der Waals surface area contributed by atoms with Gasteiger partial charge in [0.05, 0.1) is 24.3 Å². The summed E-state index contributed by atoms with van der Waals surface area (Å²) >= 11 is 6.01. The average molecular weight is 229 g/mol. The number of halogens is 1. The molecule has 0 saturated carbocycles. The Balaban J connectivity index is 2.42. The molecule has 0 unspecified atom stereocenters. The van der Waals surface area contributed by atoms with Crippen LogP contribution in [0.4, 0.5) is 0 Å². The highest BCUT2D eigenvalue weighted by atomic mass is 35.5. The molecule has 82 valence electrons. The lowest BCUT2D eigenvalue weighted by Crippen LogP contribution is -1.97. The fourth-order valence-corrected chi connectivity index (χ4v) is 1.83. The van der Waals surface area contributed by atoms with E-state index in [1.54, 1.807) is 19.1 Å². The minimum absolute atomic E-state index is 0.509. The monoisotopic (exact) mass is 228 g/mol. The van der Waals surface area contributed by atoms with E-state index in [4.69, 9.17) is 21.1 Å². The van der Waals surface area contributed by atoms with Crippen LogP contribution in [-0.4, -0.2) is 18.3 Å². The van der Waals surface area contributed by atoms with Gasteiger partial charge < -0.3 is 14.6 Å². The van der Waals surface area contributed by atoms with Crippen molar-refractivity contribution in [2.24, 2.45) is 0 Å². The Morgan fingerprint density at radius 1 is 1.27 bits per heavy atom. The molecule has 0 bridgehead atoms. The Bertz CT molecular complexity index is 363. The fourth-order valence-electron chi connectivity index (χ4n) is 1.52. The van der Waals surface area contributed by atoms with Crippen LogP contribution in [0.3, 0.4) is 0 Å². The Morgan fingerprint density at radius 3 is 2.47 bits per heavy atom. The molecule has 15 heavy (non-hydrogen) atoms. The lowest BCUT2D eigenvalue weighted by molar-refractivity contribution is 0.198. The molecule has 0 saturated heterocycles. The maximum Gasteiger partial charge on any atom is 0.162 e. The first-order valence-electron chi connectivity index (χ1n) is 4.95. The largest absolute Gasteiger partial charge is 0.490 e. The van der Waals surface area contributed by atoms with E-state index >= 15 is 0 Å². The molecule has 1 aromatic rings. The topological polar surface area (TPSA) is 38.7 Å². The summed E-state index contributed by atoms with van der Waals surface area (Å²) in [5.41, 5.74) is 0.668. The Labute approximate surface area is 93.6 Å². The number of aliphatic hydroxyl groups excluding tert-OH is 1. The molecule has 0 amide bonds. The first kappa shape index (κ1) is 10.6. The molecule has 4 heteroatoms. The van der Waals surface area contributed by atoms with Gasteiger partial charge >= 0.3 is 0 Å². The van der Waals surface area contributed by atoms with Crippen LogP contribution in [-0.2, 0) is 0 Å². The number of rotatable bonds is 1. The molecule has 0 fully saturated rings. The normalized spacial score (nSPS) is 17.0. The number of benzene rings is 1. The van der Waals surface area contributed by atoms with Crippen molar-refractivity contribution in [1.82, 2.24) is 0 Å². The lowest BCUT2D eigenvalue weighted by Gasteiger charge is -2.12. The van der Waals surface area contributed by atoms with Crippen LogP contribution >= 0.6 is 11.6 Å². The summed E-state index contributed by atoms with van der Waals surface area (Å²) in [5, 5.41) is 10.0. The standard InChI is InChI=1S/C11H13ClO3/c1-7(13)8-5-10-11(6-9(8)12)15-4-2-3-14-10/h5-7,13H,2-4H2,1H3/t7-/m1/s1. The van der Waals surface area contributed by atoms with Crippen LogP contribution in [0.15, 0.2) is 12.1 Å². The zero-order valence-electron chi connectivity index (χ0n) is 8.50. The van der Waals surface area contributed by atoms with Gasteiger partial charge in [0.1, 0.15) is 0 Å². The molecule has 1 aliphatic rings. The second-order valence-corrected chi connectivity index (χ2v) is 3.95. The van der Waals surface area contributed by atoms with Gasteiger partial charge in [0, 0.05) is 18.1 Å². The first-order chi connectivity index (χ1) is 7.18. The highest BCUT2D eigenvalue weighted by molar-refractivity contribution is 6.31. The number of fused-ring (bicyclic) bond motifs is 1. The Kier molecular flexibility index (Phi) is 3.03. The molecule has 3 nitrogen and oxygen atoms in total. The lowest BCUT2D eigenvalue weighted by atomic mass is 10.1. The minimum atomic E-state index is -0.602. The van der Waals surface area contributed by atoms with E-state index in [-0.39, 0.29) is 0 Å². The molecular formula is C11H13ClO3. The minimum Gasteiger partial charge on any atom is -0.490 e. The van der Waals surface area contributed by atoms with Gasteiger partial charge in [0.2, 0.25) is 0 Å². The van der Waals surface area contributed by atoms with Gasteiger partial charge in [-0.2, -0.15) is 0 Å². The third-order valence-corrected chi connectivity index (χ3v) is 2.64. The molecule has 1 aliphatic heterocycles. The third-order valence-electron chi connectivity index (χ3n) is 2.32. The summed E-state index contributed by atoms with van der Waals surface area (Å²) in [6.07, 6.45) is 0.255. The van der Waals surface area contributed by atoms with Gasteiger partial charge in [-0.05, 0) is 13.0 Å². The summed E-state index contributed by atoms with van der Waals surface area (Å²) < 4.78 is 11.0. The quantitative estimate of drug-likeness (QED) is 0.803. The van der Waals surface area contributed by atoms with Gasteiger partial charge in [0.25, 0.3) is 0 Å². The maximum atomic E-state index is 9.50. The predicted molar refractivity (Wildman–Crippen MR) is 57.7 cm³/mol. The van der Waals surface area contributed by atoms with Crippen LogP contribution < -0.4 is 9.47 Å². The van der Waals surface area contributed by atoms with Crippen molar-refractivity contribution in [1.29, 1.82) is 0 Å². The highest BCUT2D eigenvalue weighted by Crippen LogP contribution is 2.37. The van der Waals surface area contributed by atoms with Gasteiger partial charge in [-0.1, -0.05) is 11.6 Å². The van der Waals surface area contributed by atoms with Crippen LogP contribution in [0.2, 0.25) is 5.02 Å². The van der Waals surface area contributed by atoms with Gasteiger partial charge in [0.15, 0.2) is 11.5 Å². The van der Waals surface area contributed by atoms with Crippen LogP contribution in [0.5, 0.6) is 11.5 Å². The van der Waals surface area contributed by atoms with Crippen molar-refractivity contribution in [3.63, 3.8) is 0 Å². The van der Waals surface area contributed by atoms with Gasteiger partial charge in [-0.15, -0.1) is 0 Å². The zero-order chi connectivity index (χ0) is 10.8. The van der Waals surface area contributed by atoms with Gasteiger partial charge in [-0.25, -0.2) is 0 Å². The SMILES string of the molecule is C[C@@H](O)c1cc2c(cc1Cl)OCCCO2. The first-order valence-corrected chi connectivity index (χ1v) is 5.33. The van der Waals surface area contributed by atoms with Crippen LogP contribution in [0.1, 0.15) is 25.0 Å². The third kappa shape index (κ3) is 2.19. The highest BCUT2D eigenvalue weighted by Gasteiger charge is 2.16. The molecule has 0 aromatic heterocycles. The molecule has 1 atom stereocenters. The molecule has 0 aliphatic carbocycles. The van der Waals surface area contributed by atoms with Crippen molar-refractivity contribution >= 4 is 11.6 Å². The predicted octanol–water partition coefficient (Wildman–Crippen LogP) is 2.55. The zero-order valence-corrected chi connectivity index (χ0v) is 9.25. The van der Waals surface area contributed by atoms with E-state index in [0.717, 1.165) is 6.42 Å². The number of hydrogen-bond donors (Lipinski definition) is 1. The van der Waals surface area contributed by atoms with Crippen molar-refractivity contribution in [3.8, 4) is 11.5 Å². The van der Waals surface area contributed by atoms with Crippen LogP contribution in [0, 0.1) is 0 Å². The van der Waals surface area contributed by atoms with Crippen molar-refractivity contribution in [2.45, 2.75) is 19.4 Å². The number of aliphatic hydroxyl groups is 1. The summed E-state index contributed by atoms with van der Waals surface area (Å²) in [4.78, 5) is 0. The van der Waals surface area contributed by atoms with E-state index in [0.29, 0.717) is 35.3 Å². The van der Waals surface area contributed by atoms with Crippen molar-refractivity contribution in [2.75, 3.05) is 13.2 Å². The Morgan fingerprint density at radius 2 is 1.87 bits per heavy atom. The van der Waals surface area contributed by atoms with E-state index in [9.17, 15) is 5.11 Å². The van der Waals surface area contributed by atoms with E-state index in [1.807, 2.05) is 0 Å². The van der Waals surface area contributed by atoms with Crippen LogP contribution in [0.25, 0.3) is 0 Å². The van der Waals surface area contributed by atoms with Crippen molar-refractivity contribution < 1.29 is 14.6 Å². The molecule has 1 aromatic carbocycles. The second-order valence-electron chi connectivity index (χ2n) is 3.55. The smallest absolute Gasteiger partial charge is 0.162 e. The summed E-state index contributed by atoms with van der Waals surface area (Å²) in [5.74, 6) is 1.31. The molecule has 2 rings (SSSR count). The van der Waals surface area contributed by atoms with E-state index in [2.05, 4.69) is 0 Å². The summed E-state index contributed by atoms with van der Waals surface area (Å²) in [6, 6.07) is 3.44. The molecule has 0 spiro atoms. The van der Waals surface area contributed by atoms with E-state index < -0.39 is 6.10 Å².